The largest absolute Gasteiger partial charge is 0.495 e. The van der Waals surface area contributed by atoms with Crippen molar-refractivity contribution >= 4 is 17.7 Å². The van der Waals surface area contributed by atoms with Crippen molar-refractivity contribution in [2.24, 2.45) is 0 Å². The van der Waals surface area contributed by atoms with Crippen molar-refractivity contribution in [1.29, 1.82) is 0 Å². The lowest BCUT2D eigenvalue weighted by Gasteiger charge is -2.09. The molecule has 1 N–H and O–H groups in total. The Morgan fingerprint density at radius 2 is 1.90 bits per heavy atom. The Balaban J connectivity index is 2.08. The van der Waals surface area contributed by atoms with Gasteiger partial charge in [-0.3, -0.25) is 4.79 Å². The van der Waals surface area contributed by atoms with E-state index in [0.29, 0.717) is 11.4 Å². The Bertz CT molecular complexity index is 618. The fourth-order valence-electron chi connectivity index (χ4n) is 1.83. The van der Waals surface area contributed by atoms with Crippen molar-refractivity contribution in [3.63, 3.8) is 0 Å². The first-order valence-electron chi connectivity index (χ1n) is 6.38. The number of carbonyl (C=O) groups is 1. The van der Waals surface area contributed by atoms with Crippen molar-refractivity contribution in [3.8, 4) is 5.75 Å². The average molecular weight is 267 g/mol. The molecule has 0 aliphatic rings. The van der Waals surface area contributed by atoms with Gasteiger partial charge in [0.2, 0.25) is 5.91 Å². The monoisotopic (exact) mass is 267 g/mol. The first-order valence-corrected chi connectivity index (χ1v) is 6.38. The van der Waals surface area contributed by atoms with Crippen LogP contribution in [0.25, 0.3) is 6.08 Å². The highest BCUT2D eigenvalue weighted by molar-refractivity contribution is 6.02. The minimum absolute atomic E-state index is 0.183. The van der Waals surface area contributed by atoms with E-state index in [2.05, 4.69) is 5.32 Å². The van der Waals surface area contributed by atoms with Crippen LogP contribution in [0.1, 0.15) is 11.1 Å². The molecule has 0 aliphatic carbocycles. The summed E-state index contributed by atoms with van der Waals surface area (Å²) < 4.78 is 5.23. The predicted octanol–water partition coefficient (Wildman–Crippen LogP) is 3.66. The molecular formula is C17H17NO2. The van der Waals surface area contributed by atoms with E-state index in [1.807, 2.05) is 55.5 Å². The van der Waals surface area contributed by atoms with E-state index >= 15 is 0 Å². The van der Waals surface area contributed by atoms with Gasteiger partial charge in [0.25, 0.3) is 0 Å². The highest BCUT2D eigenvalue weighted by atomic mass is 16.5. The van der Waals surface area contributed by atoms with Crippen molar-refractivity contribution in [3.05, 3.63) is 65.7 Å². The Morgan fingerprint density at radius 3 is 2.60 bits per heavy atom. The molecule has 20 heavy (non-hydrogen) atoms. The van der Waals surface area contributed by atoms with Crippen LogP contribution in [-0.2, 0) is 4.79 Å². The fourth-order valence-corrected chi connectivity index (χ4v) is 1.83. The summed E-state index contributed by atoms with van der Waals surface area (Å²) in [5.74, 6) is 0.467. The maximum absolute atomic E-state index is 11.9. The Morgan fingerprint density at radius 1 is 1.15 bits per heavy atom. The number of amides is 1. The van der Waals surface area contributed by atoms with E-state index in [-0.39, 0.29) is 5.91 Å². The van der Waals surface area contributed by atoms with Gasteiger partial charge >= 0.3 is 0 Å². The van der Waals surface area contributed by atoms with E-state index in [9.17, 15) is 4.79 Å². The molecule has 0 unspecified atom stereocenters. The van der Waals surface area contributed by atoms with E-state index in [1.165, 1.54) is 6.08 Å². The lowest BCUT2D eigenvalue weighted by atomic mass is 10.2. The Kier molecular flexibility index (Phi) is 4.56. The lowest BCUT2D eigenvalue weighted by Crippen LogP contribution is -2.09. The van der Waals surface area contributed by atoms with Crippen LogP contribution in [0.2, 0.25) is 0 Å². The van der Waals surface area contributed by atoms with Crippen LogP contribution in [0.15, 0.2) is 54.6 Å². The summed E-state index contributed by atoms with van der Waals surface area (Å²) in [6, 6.07) is 15.3. The predicted molar refractivity (Wildman–Crippen MR) is 81.8 cm³/mol. The maximum Gasteiger partial charge on any atom is 0.248 e. The quantitative estimate of drug-likeness (QED) is 0.859. The zero-order chi connectivity index (χ0) is 14.4. The molecular weight excluding hydrogens is 250 g/mol. The van der Waals surface area contributed by atoms with Gasteiger partial charge in [0.15, 0.2) is 0 Å². The van der Waals surface area contributed by atoms with Crippen LogP contribution in [0.4, 0.5) is 5.69 Å². The number of hydrogen-bond acceptors (Lipinski definition) is 2. The molecule has 2 aromatic rings. The minimum Gasteiger partial charge on any atom is -0.495 e. The molecule has 0 fully saturated rings. The van der Waals surface area contributed by atoms with Crippen LogP contribution in [0.3, 0.4) is 0 Å². The van der Waals surface area contributed by atoms with Gasteiger partial charge in [0, 0.05) is 6.08 Å². The standard InChI is InChI=1S/C17H17NO2/c1-13-8-10-16(20-2)15(12-13)18-17(19)11-9-14-6-4-3-5-7-14/h3-12H,1-2H3,(H,18,19)/b11-9-. The van der Waals surface area contributed by atoms with Crippen molar-refractivity contribution < 1.29 is 9.53 Å². The van der Waals surface area contributed by atoms with Crippen LogP contribution < -0.4 is 10.1 Å². The van der Waals surface area contributed by atoms with Crippen LogP contribution in [-0.4, -0.2) is 13.0 Å². The molecule has 0 aromatic heterocycles. The summed E-state index contributed by atoms with van der Waals surface area (Å²) in [7, 11) is 1.58. The molecule has 0 heterocycles. The zero-order valence-corrected chi connectivity index (χ0v) is 11.6. The number of nitrogens with one attached hydrogen (secondary N) is 1. The Labute approximate surface area is 118 Å². The van der Waals surface area contributed by atoms with Gasteiger partial charge in [-0.1, -0.05) is 36.4 Å². The number of anilines is 1. The third-order valence-corrected chi connectivity index (χ3v) is 2.84. The van der Waals surface area contributed by atoms with E-state index in [1.54, 1.807) is 13.2 Å². The normalized spacial score (nSPS) is 10.5. The summed E-state index contributed by atoms with van der Waals surface area (Å²) in [6.45, 7) is 1.97. The van der Waals surface area contributed by atoms with Gasteiger partial charge in [-0.05, 0) is 36.3 Å². The number of ether oxygens (including phenoxy) is 1. The topological polar surface area (TPSA) is 38.3 Å². The van der Waals surface area contributed by atoms with Gasteiger partial charge < -0.3 is 10.1 Å². The van der Waals surface area contributed by atoms with Gasteiger partial charge in [0.1, 0.15) is 5.75 Å². The summed E-state index contributed by atoms with van der Waals surface area (Å²) in [5, 5.41) is 2.82. The van der Waals surface area contributed by atoms with Crippen molar-refractivity contribution in [2.45, 2.75) is 6.92 Å². The molecule has 0 bridgehead atoms. The number of rotatable bonds is 4. The molecule has 3 heteroatoms. The van der Waals surface area contributed by atoms with E-state index in [0.717, 1.165) is 11.1 Å². The van der Waals surface area contributed by atoms with Crippen molar-refractivity contribution in [1.82, 2.24) is 0 Å². The molecule has 0 spiro atoms. The van der Waals surface area contributed by atoms with Crippen LogP contribution >= 0.6 is 0 Å². The second-order valence-electron chi connectivity index (χ2n) is 4.44. The molecule has 102 valence electrons. The molecule has 0 radical (unpaired) electrons. The molecule has 0 atom stereocenters. The van der Waals surface area contributed by atoms with Crippen LogP contribution in [0, 0.1) is 6.92 Å². The van der Waals surface area contributed by atoms with Gasteiger partial charge in [-0.2, -0.15) is 0 Å². The van der Waals surface area contributed by atoms with Gasteiger partial charge in [-0.25, -0.2) is 0 Å². The summed E-state index contributed by atoms with van der Waals surface area (Å²) in [4.78, 5) is 11.9. The maximum atomic E-state index is 11.9. The molecule has 1 amide bonds. The number of aryl methyl sites for hydroxylation is 1. The summed E-state index contributed by atoms with van der Waals surface area (Å²) in [6.07, 6.45) is 3.29. The van der Waals surface area contributed by atoms with Gasteiger partial charge in [-0.15, -0.1) is 0 Å². The summed E-state index contributed by atoms with van der Waals surface area (Å²) >= 11 is 0. The lowest BCUT2D eigenvalue weighted by molar-refractivity contribution is -0.111. The van der Waals surface area contributed by atoms with E-state index in [4.69, 9.17) is 4.74 Å². The number of benzene rings is 2. The number of carbonyl (C=O) groups excluding carboxylic acids is 1. The third kappa shape index (κ3) is 3.72. The second kappa shape index (κ2) is 6.57. The molecule has 3 nitrogen and oxygen atoms in total. The third-order valence-electron chi connectivity index (χ3n) is 2.84. The minimum atomic E-state index is -0.183. The Hall–Kier alpha value is -2.55. The van der Waals surface area contributed by atoms with E-state index < -0.39 is 0 Å². The highest BCUT2D eigenvalue weighted by Gasteiger charge is 2.05. The summed E-state index contributed by atoms with van der Waals surface area (Å²) in [5.41, 5.74) is 2.72. The number of methoxy groups -OCH3 is 1. The molecule has 2 aromatic carbocycles. The van der Waals surface area contributed by atoms with Crippen molar-refractivity contribution in [2.75, 3.05) is 12.4 Å². The fraction of sp³-hybridized carbons (Fsp3) is 0.118. The zero-order valence-electron chi connectivity index (χ0n) is 11.6. The van der Waals surface area contributed by atoms with Gasteiger partial charge in [0.05, 0.1) is 12.8 Å². The second-order valence-corrected chi connectivity index (χ2v) is 4.44. The first kappa shape index (κ1) is 13.9. The van der Waals surface area contributed by atoms with Crippen LogP contribution in [0.5, 0.6) is 5.75 Å². The highest BCUT2D eigenvalue weighted by Crippen LogP contribution is 2.25. The average Bonchev–Trinajstić information content (AvgIpc) is 2.46. The molecule has 0 saturated heterocycles. The molecule has 2 rings (SSSR count). The smallest absolute Gasteiger partial charge is 0.248 e. The first-order chi connectivity index (χ1) is 9.69. The molecule has 0 saturated carbocycles. The SMILES string of the molecule is COc1ccc(C)cc1NC(=O)/C=C\c1ccccc1. The molecule has 0 aliphatic heterocycles. The number of hydrogen-bond donors (Lipinski definition) is 1.